The van der Waals surface area contributed by atoms with E-state index in [4.69, 9.17) is 0 Å². The summed E-state index contributed by atoms with van der Waals surface area (Å²) in [5, 5.41) is 21.8. The van der Waals surface area contributed by atoms with Gasteiger partial charge in [-0.1, -0.05) is 6.92 Å². The third-order valence-corrected chi connectivity index (χ3v) is 3.52. The fraction of sp³-hybridized carbons (Fsp3) is 0.571. The molecule has 1 aliphatic rings. The van der Waals surface area contributed by atoms with Gasteiger partial charge in [0.2, 0.25) is 0 Å². The maximum absolute atomic E-state index is 11.2. The van der Waals surface area contributed by atoms with Crippen molar-refractivity contribution in [2.75, 3.05) is 11.9 Å². The van der Waals surface area contributed by atoms with E-state index in [1.165, 1.54) is 0 Å². The second kappa shape index (κ2) is 6.02. The normalized spacial score (nSPS) is 15.1. The number of carboxylic acids is 1. The number of nitrogens with one attached hydrogen (secondary N) is 1. The molecule has 5 nitrogen and oxygen atoms in total. The third kappa shape index (κ3) is 3.23. The Balaban J connectivity index is 2.12. The highest BCUT2D eigenvalue weighted by Gasteiger charge is 2.19. The van der Waals surface area contributed by atoms with Crippen LogP contribution in [0, 0.1) is 0 Å². The Morgan fingerprint density at radius 2 is 2.32 bits per heavy atom. The minimum Gasteiger partial charge on any atom is -0.478 e. The van der Waals surface area contributed by atoms with Crippen LogP contribution in [-0.4, -0.2) is 33.8 Å². The molecule has 1 heterocycles. The Labute approximate surface area is 112 Å². The van der Waals surface area contributed by atoms with Crippen LogP contribution in [0.4, 0.5) is 5.82 Å². The summed E-state index contributed by atoms with van der Waals surface area (Å²) >= 11 is 0. The number of aliphatic hydroxyl groups is 1. The van der Waals surface area contributed by atoms with Crippen molar-refractivity contribution in [1.82, 2.24) is 4.98 Å². The van der Waals surface area contributed by atoms with Crippen LogP contribution in [0.3, 0.4) is 0 Å². The van der Waals surface area contributed by atoms with Crippen LogP contribution < -0.4 is 5.32 Å². The van der Waals surface area contributed by atoms with Gasteiger partial charge in [0.25, 0.3) is 0 Å². The van der Waals surface area contributed by atoms with Crippen LogP contribution in [-0.2, 0) is 12.8 Å². The first kappa shape index (κ1) is 13.8. The molecule has 0 amide bonds. The maximum Gasteiger partial charge on any atom is 0.339 e. The summed E-state index contributed by atoms with van der Waals surface area (Å²) in [6.45, 7) is 2.45. The van der Waals surface area contributed by atoms with Crippen LogP contribution in [0.15, 0.2) is 6.07 Å². The molecular formula is C14H20N2O3. The number of aliphatic hydroxyl groups excluding tert-OH is 1. The van der Waals surface area contributed by atoms with Crippen LogP contribution >= 0.6 is 0 Å². The quantitative estimate of drug-likeness (QED) is 0.730. The SMILES string of the molecule is CCC(O)CCNc1nc2c(cc1C(=O)O)CCC2. The molecule has 1 atom stereocenters. The fourth-order valence-corrected chi connectivity index (χ4v) is 2.33. The number of carboxylic acid groups (broad SMARTS) is 1. The number of aromatic nitrogens is 1. The van der Waals surface area contributed by atoms with E-state index in [1.807, 2.05) is 6.92 Å². The van der Waals surface area contributed by atoms with E-state index >= 15 is 0 Å². The zero-order valence-corrected chi connectivity index (χ0v) is 11.1. The molecule has 1 unspecified atom stereocenters. The third-order valence-electron chi connectivity index (χ3n) is 3.52. The number of rotatable bonds is 6. The van der Waals surface area contributed by atoms with Gasteiger partial charge in [-0.3, -0.25) is 0 Å². The monoisotopic (exact) mass is 264 g/mol. The standard InChI is InChI=1S/C14H20N2O3/c1-2-10(17)6-7-15-13-11(14(18)19)8-9-4-3-5-12(9)16-13/h8,10,17H,2-7H2,1H3,(H,15,16)(H,18,19). The molecule has 0 fully saturated rings. The molecule has 0 saturated carbocycles. The summed E-state index contributed by atoms with van der Waals surface area (Å²) in [4.78, 5) is 15.7. The summed E-state index contributed by atoms with van der Waals surface area (Å²) in [6.07, 6.45) is 3.81. The number of anilines is 1. The lowest BCUT2D eigenvalue weighted by atomic mass is 10.1. The maximum atomic E-state index is 11.2. The highest BCUT2D eigenvalue weighted by atomic mass is 16.4. The summed E-state index contributed by atoms with van der Waals surface area (Å²) in [5.74, 6) is -0.530. The number of hydrogen-bond acceptors (Lipinski definition) is 4. The first-order valence-electron chi connectivity index (χ1n) is 6.79. The lowest BCUT2D eigenvalue weighted by Gasteiger charge is -2.12. The molecule has 0 spiro atoms. The van der Waals surface area contributed by atoms with Gasteiger partial charge < -0.3 is 15.5 Å². The van der Waals surface area contributed by atoms with Crippen LogP contribution in [0.2, 0.25) is 0 Å². The molecule has 2 rings (SSSR count). The molecule has 0 aliphatic heterocycles. The first-order valence-corrected chi connectivity index (χ1v) is 6.79. The van der Waals surface area contributed by atoms with Gasteiger partial charge in [-0.05, 0) is 43.7 Å². The number of carbonyl (C=O) groups is 1. The lowest BCUT2D eigenvalue weighted by Crippen LogP contribution is -2.15. The van der Waals surface area contributed by atoms with Gasteiger partial charge in [0.1, 0.15) is 11.4 Å². The van der Waals surface area contributed by atoms with E-state index in [9.17, 15) is 15.0 Å². The van der Waals surface area contributed by atoms with Crippen molar-refractivity contribution in [3.05, 3.63) is 22.9 Å². The number of pyridine rings is 1. The molecule has 0 aromatic carbocycles. The molecule has 1 aromatic heterocycles. The minimum absolute atomic E-state index is 0.228. The van der Waals surface area contributed by atoms with Gasteiger partial charge >= 0.3 is 5.97 Å². The Bertz CT molecular complexity index is 474. The number of nitrogens with zero attached hydrogens (tertiary/aromatic N) is 1. The van der Waals surface area contributed by atoms with Crippen molar-refractivity contribution >= 4 is 11.8 Å². The number of aromatic carboxylic acids is 1. The molecule has 0 saturated heterocycles. The average Bonchev–Trinajstić information content (AvgIpc) is 2.84. The van der Waals surface area contributed by atoms with Gasteiger partial charge in [0, 0.05) is 12.2 Å². The van der Waals surface area contributed by atoms with Crippen molar-refractivity contribution in [1.29, 1.82) is 0 Å². The summed E-state index contributed by atoms with van der Waals surface area (Å²) in [6, 6.07) is 1.73. The molecule has 3 N–H and O–H groups in total. The molecule has 5 heteroatoms. The van der Waals surface area contributed by atoms with Crippen molar-refractivity contribution in [3.63, 3.8) is 0 Å². The van der Waals surface area contributed by atoms with Gasteiger partial charge in [-0.2, -0.15) is 0 Å². The Morgan fingerprint density at radius 1 is 1.53 bits per heavy atom. The number of aryl methyl sites for hydroxylation is 2. The highest BCUT2D eigenvalue weighted by Crippen LogP contribution is 2.25. The summed E-state index contributed by atoms with van der Waals surface area (Å²) < 4.78 is 0. The summed E-state index contributed by atoms with van der Waals surface area (Å²) in [7, 11) is 0. The van der Waals surface area contributed by atoms with Gasteiger partial charge in [0.05, 0.1) is 6.10 Å². The van der Waals surface area contributed by atoms with E-state index in [0.29, 0.717) is 25.2 Å². The Morgan fingerprint density at radius 3 is 3.00 bits per heavy atom. The number of hydrogen-bond donors (Lipinski definition) is 3. The lowest BCUT2D eigenvalue weighted by molar-refractivity contribution is 0.0697. The second-order valence-corrected chi connectivity index (χ2v) is 4.93. The average molecular weight is 264 g/mol. The van der Waals surface area contributed by atoms with E-state index in [-0.39, 0.29) is 11.7 Å². The molecule has 0 bridgehead atoms. The largest absolute Gasteiger partial charge is 0.478 e. The van der Waals surface area contributed by atoms with E-state index in [0.717, 1.165) is 30.5 Å². The molecule has 0 radical (unpaired) electrons. The van der Waals surface area contributed by atoms with Crippen molar-refractivity contribution in [2.24, 2.45) is 0 Å². The molecule has 1 aromatic rings. The van der Waals surface area contributed by atoms with Gasteiger partial charge in [0.15, 0.2) is 0 Å². The van der Waals surface area contributed by atoms with Crippen molar-refractivity contribution in [3.8, 4) is 0 Å². The number of fused-ring (bicyclic) bond motifs is 1. The molecular weight excluding hydrogens is 244 g/mol. The highest BCUT2D eigenvalue weighted by molar-refractivity contribution is 5.93. The molecule has 104 valence electrons. The van der Waals surface area contributed by atoms with Crippen LogP contribution in [0.1, 0.15) is 47.8 Å². The minimum atomic E-state index is -0.958. The van der Waals surface area contributed by atoms with E-state index in [1.54, 1.807) is 6.07 Å². The van der Waals surface area contributed by atoms with E-state index < -0.39 is 5.97 Å². The molecule has 19 heavy (non-hydrogen) atoms. The second-order valence-electron chi connectivity index (χ2n) is 4.93. The van der Waals surface area contributed by atoms with Crippen LogP contribution in [0.5, 0.6) is 0 Å². The zero-order valence-electron chi connectivity index (χ0n) is 11.1. The smallest absolute Gasteiger partial charge is 0.339 e. The molecule has 1 aliphatic carbocycles. The van der Waals surface area contributed by atoms with E-state index in [2.05, 4.69) is 10.3 Å². The van der Waals surface area contributed by atoms with Gasteiger partial charge in [-0.25, -0.2) is 9.78 Å². The van der Waals surface area contributed by atoms with Gasteiger partial charge in [-0.15, -0.1) is 0 Å². The van der Waals surface area contributed by atoms with Crippen molar-refractivity contribution in [2.45, 2.75) is 45.1 Å². The van der Waals surface area contributed by atoms with Crippen LogP contribution in [0.25, 0.3) is 0 Å². The predicted molar refractivity (Wildman–Crippen MR) is 72.6 cm³/mol. The summed E-state index contributed by atoms with van der Waals surface area (Å²) in [5.41, 5.74) is 2.28. The van der Waals surface area contributed by atoms with Crippen molar-refractivity contribution < 1.29 is 15.0 Å². The topological polar surface area (TPSA) is 82.5 Å². The fourth-order valence-electron chi connectivity index (χ4n) is 2.33. The Kier molecular flexibility index (Phi) is 4.37. The Hall–Kier alpha value is -1.62. The predicted octanol–water partition coefficient (Wildman–Crippen LogP) is 1.84. The first-order chi connectivity index (χ1) is 9.11. The zero-order chi connectivity index (χ0) is 13.8.